The van der Waals surface area contributed by atoms with Gasteiger partial charge in [0.25, 0.3) is 0 Å². The lowest BCUT2D eigenvalue weighted by Crippen LogP contribution is -2.46. The van der Waals surface area contributed by atoms with E-state index in [0.717, 1.165) is 19.0 Å². The normalized spacial score (nSPS) is 16.7. The second kappa shape index (κ2) is 11.2. The van der Waals surface area contributed by atoms with Gasteiger partial charge in [0.1, 0.15) is 0 Å². The van der Waals surface area contributed by atoms with Crippen molar-refractivity contribution in [1.82, 2.24) is 20.4 Å². The summed E-state index contributed by atoms with van der Waals surface area (Å²) < 4.78 is 0. The van der Waals surface area contributed by atoms with E-state index in [1.54, 1.807) is 0 Å². The summed E-state index contributed by atoms with van der Waals surface area (Å²) in [4.78, 5) is 9.46. The second-order valence-corrected chi connectivity index (χ2v) is 7.27. The third-order valence-electron chi connectivity index (χ3n) is 5.27. The fraction of sp³-hybridized carbons (Fsp3) is 0.667. The quantitative estimate of drug-likeness (QED) is 0.425. The van der Waals surface area contributed by atoms with Gasteiger partial charge in [-0.25, -0.2) is 0 Å². The molecule has 146 valence electrons. The molecule has 26 heavy (non-hydrogen) atoms. The molecule has 1 heterocycles. The number of nitrogens with zero attached hydrogens (tertiary/aromatic N) is 3. The Labute approximate surface area is 159 Å². The zero-order valence-corrected chi connectivity index (χ0v) is 17.1. The highest BCUT2D eigenvalue weighted by Gasteiger charge is 2.14. The van der Waals surface area contributed by atoms with Crippen LogP contribution in [0.2, 0.25) is 0 Å². The van der Waals surface area contributed by atoms with Crippen molar-refractivity contribution in [2.24, 2.45) is 4.99 Å². The van der Waals surface area contributed by atoms with Crippen LogP contribution in [-0.2, 0) is 6.54 Å². The summed E-state index contributed by atoms with van der Waals surface area (Å²) in [6.45, 7) is 15.6. The van der Waals surface area contributed by atoms with Crippen molar-refractivity contribution in [2.45, 2.75) is 40.2 Å². The minimum atomic E-state index is 0.813. The van der Waals surface area contributed by atoms with Gasteiger partial charge in [0.2, 0.25) is 0 Å². The highest BCUT2D eigenvalue weighted by Crippen LogP contribution is 2.10. The maximum absolute atomic E-state index is 4.33. The van der Waals surface area contributed by atoms with Gasteiger partial charge in [-0.2, -0.15) is 0 Å². The van der Waals surface area contributed by atoms with Gasteiger partial charge >= 0.3 is 0 Å². The topological polar surface area (TPSA) is 42.9 Å². The number of rotatable bonds is 8. The molecule has 1 fully saturated rings. The Kier molecular flexibility index (Phi) is 8.92. The third kappa shape index (κ3) is 6.96. The molecule has 2 rings (SSSR count). The fourth-order valence-electron chi connectivity index (χ4n) is 3.44. The Morgan fingerprint density at radius 3 is 2.42 bits per heavy atom. The highest BCUT2D eigenvalue weighted by molar-refractivity contribution is 5.79. The van der Waals surface area contributed by atoms with E-state index >= 15 is 0 Å². The molecule has 0 atom stereocenters. The molecule has 1 saturated heterocycles. The molecule has 0 amide bonds. The number of benzene rings is 1. The van der Waals surface area contributed by atoms with E-state index in [2.05, 4.69) is 64.4 Å². The van der Waals surface area contributed by atoms with Gasteiger partial charge in [0, 0.05) is 46.3 Å². The van der Waals surface area contributed by atoms with Crippen LogP contribution in [0.25, 0.3) is 0 Å². The van der Waals surface area contributed by atoms with Crippen LogP contribution in [-0.4, -0.2) is 68.6 Å². The van der Waals surface area contributed by atoms with E-state index in [-0.39, 0.29) is 0 Å². The van der Waals surface area contributed by atoms with E-state index < -0.39 is 0 Å². The molecular weight excluding hydrogens is 322 g/mol. The minimum absolute atomic E-state index is 0.813. The average molecular weight is 360 g/mol. The summed E-state index contributed by atoms with van der Waals surface area (Å²) in [5.41, 5.74) is 3.96. The summed E-state index contributed by atoms with van der Waals surface area (Å²) in [6, 6.07) is 6.59. The fourth-order valence-corrected chi connectivity index (χ4v) is 3.44. The summed E-state index contributed by atoms with van der Waals surface area (Å²) in [5, 5.41) is 6.86. The summed E-state index contributed by atoms with van der Waals surface area (Å²) >= 11 is 0. The minimum Gasteiger partial charge on any atom is -0.356 e. The van der Waals surface area contributed by atoms with Gasteiger partial charge in [-0.3, -0.25) is 4.99 Å². The molecule has 1 aromatic rings. The van der Waals surface area contributed by atoms with Crippen molar-refractivity contribution < 1.29 is 0 Å². The lowest BCUT2D eigenvalue weighted by molar-refractivity contribution is 0.136. The zero-order valence-electron chi connectivity index (χ0n) is 17.1. The molecule has 1 aliphatic rings. The number of hydrogen-bond acceptors (Lipinski definition) is 3. The Bertz CT molecular complexity index is 562. The van der Waals surface area contributed by atoms with Crippen LogP contribution in [0, 0.1) is 13.8 Å². The van der Waals surface area contributed by atoms with Crippen LogP contribution < -0.4 is 10.6 Å². The van der Waals surface area contributed by atoms with Crippen molar-refractivity contribution in [3.05, 3.63) is 34.9 Å². The smallest absolute Gasteiger partial charge is 0.191 e. The first kappa shape index (κ1) is 20.7. The number of aryl methyl sites for hydroxylation is 2. The molecule has 5 heteroatoms. The van der Waals surface area contributed by atoms with Crippen LogP contribution in [0.3, 0.4) is 0 Å². The van der Waals surface area contributed by atoms with E-state index in [1.165, 1.54) is 68.8 Å². The van der Waals surface area contributed by atoms with Crippen LogP contribution in [0.15, 0.2) is 23.2 Å². The number of likely N-dealkylation sites (N-methyl/N-ethyl adjacent to an activating group) is 1. The van der Waals surface area contributed by atoms with E-state index in [4.69, 9.17) is 0 Å². The maximum Gasteiger partial charge on any atom is 0.191 e. The molecule has 0 radical (unpaired) electrons. The Morgan fingerprint density at radius 1 is 1.04 bits per heavy atom. The summed E-state index contributed by atoms with van der Waals surface area (Å²) in [7, 11) is 1.84. The highest BCUT2D eigenvalue weighted by atomic mass is 15.3. The first-order valence-electron chi connectivity index (χ1n) is 10.1. The molecule has 0 spiro atoms. The van der Waals surface area contributed by atoms with Gasteiger partial charge < -0.3 is 20.4 Å². The van der Waals surface area contributed by atoms with Crippen molar-refractivity contribution in [1.29, 1.82) is 0 Å². The first-order valence-corrected chi connectivity index (χ1v) is 10.1. The largest absolute Gasteiger partial charge is 0.356 e. The Morgan fingerprint density at radius 2 is 1.77 bits per heavy atom. The zero-order chi connectivity index (χ0) is 18.8. The summed E-state index contributed by atoms with van der Waals surface area (Å²) in [5.74, 6) is 0.890. The predicted octanol–water partition coefficient (Wildman–Crippen LogP) is 2.39. The van der Waals surface area contributed by atoms with Crippen molar-refractivity contribution >= 4 is 5.96 Å². The molecule has 0 aliphatic carbocycles. The lowest BCUT2D eigenvalue weighted by Gasteiger charge is -2.34. The number of aliphatic imine (C=N–C) groups is 1. The molecule has 1 aromatic carbocycles. The molecule has 5 nitrogen and oxygen atoms in total. The molecule has 1 aliphatic heterocycles. The molecule has 0 aromatic heterocycles. The first-order chi connectivity index (χ1) is 12.6. The van der Waals surface area contributed by atoms with E-state index in [1.807, 2.05) is 7.05 Å². The van der Waals surface area contributed by atoms with E-state index in [0.29, 0.717) is 0 Å². The standard InChI is InChI=1S/C21H37N5/c1-5-25-12-14-26(15-13-25)11-7-6-10-23-21(22-4)24-17-20-9-8-18(2)16-19(20)3/h8-9,16H,5-7,10-15,17H2,1-4H3,(H2,22,23,24). The SMILES string of the molecule is CCN1CCN(CCCCNC(=NC)NCc2ccc(C)cc2C)CC1. The lowest BCUT2D eigenvalue weighted by atomic mass is 10.1. The van der Waals surface area contributed by atoms with Gasteiger partial charge in [-0.15, -0.1) is 0 Å². The van der Waals surface area contributed by atoms with Crippen LogP contribution in [0.4, 0.5) is 0 Å². The number of nitrogens with one attached hydrogen (secondary N) is 2. The van der Waals surface area contributed by atoms with Crippen LogP contribution in [0.5, 0.6) is 0 Å². The maximum atomic E-state index is 4.33. The monoisotopic (exact) mass is 359 g/mol. The van der Waals surface area contributed by atoms with Gasteiger partial charge in [-0.05, 0) is 50.9 Å². The van der Waals surface area contributed by atoms with Crippen molar-refractivity contribution in [2.75, 3.05) is 52.9 Å². The molecular formula is C21H37N5. The van der Waals surface area contributed by atoms with Crippen molar-refractivity contribution in [3.63, 3.8) is 0 Å². The number of guanidine groups is 1. The van der Waals surface area contributed by atoms with Gasteiger partial charge in [0.15, 0.2) is 5.96 Å². The van der Waals surface area contributed by atoms with Crippen molar-refractivity contribution in [3.8, 4) is 0 Å². The van der Waals surface area contributed by atoms with Crippen LogP contribution >= 0.6 is 0 Å². The van der Waals surface area contributed by atoms with E-state index in [9.17, 15) is 0 Å². The third-order valence-corrected chi connectivity index (χ3v) is 5.27. The Balaban J connectivity index is 1.59. The molecule has 0 saturated carbocycles. The number of hydrogen-bond donors (Lipinski definition) is 2. The summed E-state index contributed by atoms with van der Waals surface area (Å²) in [6.07, 6.45) is 2.42. The molecule has 2 N–H and O–H groups in total. The average Bonchev–Trinajstić information content (AvgIpc) is 2.65. The Hall–Kier alpha value is -1.59. The van der Waals surface area contributed by atoms with Gasteiger partial charge in [0.05, 0.1) is 0 Å². The van der Waals surface area contributed by atoms with Crippen LogP contribution in [0.1, 0.15) is 36.5 Å². The molecule has 0 bridgehead atoms. The molecule has 0 unspecified atom stereocenters. The number of unbranched alkanes of at least 4 members (excludes halogenated alkanes) is 1. The number of piperazine rings is 1. The second-order valence-electron chi connectivity index (χ2n) is 7.27. The predicted molar refractivity (Wildman–Crippen MR) is 112 cm³/mol. The van der Waals surface area contributed by atoms with Gasteiger partial charge in [-0.1, -0.05) is 30.7 Å².